The van der Waals surface area contributed by atoms with Crippen molar-refractivity contribution in [3.63, 3.8) is 0 Å². The number of amides is 3. The number of allylic oxidation sites excluding steroid dienone is 1. The van der Waals surface area contributed by atoms with Gasteiger partial charge in [0, 0.05) is 45.6 Å². The number of hydrogen-bond acceptors (Lipinski definition) is 10. The van der Waals surface area contributed by atoms with Gasteiger partial charge >= 0.3 is 5.97 Å². The minimum Gasteiger partial charge on any atom is -0.477 e. The van der Waals surface area contributed by atoms with Gasteiger partial charge in [-0.05, 0) is 30.2 Å². The number of fused-ring (bicyclic) bond motifs is 1. The first-order valence-corrected chi connectivity index (χ1v) is 19.6. The Kier molecular flexibility index (Phi) is 9.98. The van der Waals surface area contributed by atoms with E-state index in [0.717, 1.165) is 33.7 Å². The van der Waals surface area contributed by atoms with E-state index < -0.39 is 34.8 Å². The van der Waals surface area contributed by atoms with Gasteiger partial charge in [-0.25, -0.2) is 9.78 Å². The molecular formula is C42H34N6O6S2. The van der Waals surface area contributed by atoms with Crippen LogP contribution in [-0.4, -0.2) is 68.1 Å². The second-order valence-electron chi connectivity index (χ2n) is 13.1. The van der Waals surface area contributed by atoms with Gasteiger partial charge in [0.2, 0.25) is 5.60 Å². The first kappa shape index (κ1) is 36.5. The number of benzene rings is 4. The van der Waals surface area contributed by atoms with Crippen LogP contribution in [0.5, 0.6) is 0 Å². The molecule has 4 aromatic carbocycles. The third kappa shape index (κ3) is 6.62. The largest absolute Gasteiger partial charge is 0.477 e. The fraction of sp³-hybridized carbons (Fsp3) is 0.143. The number of rotatable bonds is 11. The molecule has 3 aliphatic rings. The Bertz CT molecular complexity index is 2310. The Balaban J connectivity index is 1.10. The van der Waals surface area contributed by atoms with Crippen molar-refractivity contribution in [2.75, 3.05) is 22.9 Å². The standard InChI is InChI=1S/C42H34N6O6S2/c43-41-44-32(25-56-41)33(46-54-42(28-13-5-1-6-14-28,29-15-7-2-8-16-29)30-17-9-3-10-18-30)36(49)45-34-38(51)48-35(40(52)53)27(24-55-39(34)48)23-26-21-22-47(37(26)50)31-19-11-4-12-20-31/h1-20,23,25,34,39H,21-22,24H2,(H2,43,44)(H,45,49)(H,52,53)/t34-,39-/m1/s1. The fourth-order valence-electron chi connectivity index (χ4n) is 7.17. The fourth-order valence-corrected chi connectivity index (χ4v) is 9.02. The SMILES string of the molecule is Nc1nc(C(=NOC(c2ccccc2)(c2ccccc2)c2ccccc2)C(=O)N[C@@H]2C(=O)N3C(C(=O)O)=C(C=C4CCN(c5ccccc5)C4=O)CS[C@H]23)cs1. The molecule has 12 nitrogen and oxygen atoms in total. The van der Waals surface area contributed by atoms with E-state index in [2.05, 4.69) is 15.5 Å². The molecule has 0 bridgehead atoms. The zero-order valence-electron chi connectivity index (χ0n) is 29.6. The summed E-state index contributed by atoms with van der Waals surface area (Å²) in [6.07, 6.45) is 2.01. The van der Waals surface area contributed by atoms with Crippen LogP contribution < -0.4 is 16.0 Å². The number of carbonyl (C=O) groups excluding carboxylic acids is 3. The number of carbonyl (C=O) groups is 4. The summed E-state index contributed by atoms with van der Waals surface area (Å²) in [5.74, 6) is -2.70. The number of β-lactam (4-membered cyclic amide) rings is 1. The summed E-state index contributed by atoms with van der Waals surface area (Å²) in [6, 6.07) is 36.7. The topological polar surface area (TPSA) is 168 Å². The number of nitrogens with two attached hydrogens (primary N) is 1. The first-order valence-electron chi connectivity index (χ1n) is 17.7. The number of carboxylic acids is 1. The summed E-state index contributed by atoms with van der Waals surface area (Å²) < 4.78 is 0. The van der Waals surface area contributed by atoms with Crippen LogP contribution in [0.2, 0.25) is 0 Å². The maximum absolute atomic E-state index is 14.2. The maximum atomic E-state index is 14.2. The van der Waals surface area contributed by atoms with Crippen molar-refractivity contribution in [2.24, 2.45) is 5.16 Å². The molecule has 0 unspecified atom stereocenters. The lowest BCUT2D eigenvalue weighted by atomic mass is 9.80. The number of thiazole rings is 1. The van der Waals surface area contributed by atoms with Crippen molar-refractivity contribution in [2.45, 2.75) is 23.4 Å². The molecule has 3 amide bonds. The molecule has 4 N–H and O–H groups in total. The Hall–Kier alpha value is -6.51. The van der Waals surface area contributed by atoms with E-state index in [9.17, 15) is 24.3 Å². The Morgan fingerprint density at radius 2 is 1.46 bits per heavy atom. The van der Waals surface area contributed by atoms with E-state index in [0.29, 0.717) is 24.1 Å². The molecule has 5 aromatic rings. The van der Waals surface area contributed by atoms with E-state index in [4.69, 9.17) is 10.6 Å². The molecule has 4 heterocycles. The number of thioether (sulfide) groups is 1. The summed E-state index contributed by atoms with van der Waals surface area (Å²) in [4.78, 5) is 67.7. The van der Waals surface area contributed by atoms with Crippen LogP contribution in [0.1, 0.15) is 28.8 Å². The molecule has 0 spiro atoms. The van der Waals surface area contributed by atoms with Crippen LogP contribution in [-0.2, 0) is 29.6 Å². The summed E-state index contributed by atoms with van der Waals surface area (Å²) in [5.41, 5.74) is 8.18. The van der Waals surface area contributed by atoms with E-state index in [1.165, 1.54) is 16.7 Å². The normalized spacial score (nSPS) is 19.1. The number of nitrogen functional groups attached to an aromatic ring is 1. The minimum atomic E-state index is -1.32. The lowest BCUT2D eigenvalue weighted by molar-refractivity contribution is -0.150. The highest BCUT2D eigenvalue weighted by molar-refractivity contribution is 8.00. The zero-order chi connectivity index (χ0) is 38.8. The molecule has 3 aliphatic heterocycles. The quantitative estimate of drug-likeness (QED) is 0.0513. The average molecular weight is 783 g/mol. The van der Waals surface area contributed by atoms with E-state index >= 15 is 0 Å². The molecule has 14 heteroatoms. The number of aromatic nitrogens is 1. The molecule has 2 atom stereocenters. The van der Waals surface area contributed by atoms with Crippen molar-refractivity contribution in [1.82, 2.24) is 15.2 Å². The summed E-state index contributed by atoms with van der Waals surface area (Å²) in [5, 5.41) is 18.7. The van der Waals surface area contributed by atoms with Gasteiger partial charge in [0.05, 0.1) is 0 Å². The molecule has 2 fully saturated rings. The Labute approximate surface area is 330 Å². The van der Waals surface area contributed by atoms with Crippen LogP contribution in [0.15, 0.2) is 155 Å². The highest BCUT2D eigenvalue weighted by Gasteiger charge is 2.54. The molecule has 0 saturated carbocycles. The van der Waals surface area contributed by atoms with Crippen LogP contribution >= 0.6 is 23.1 Å². The van der Waals surface area contributed by atoms with Gasteiger partial charge < -0.3 is 25.9 Å². The molecule has 56 heavy (non-hydrogen) atoms. The highest BCUT2D eigenvalue weighted by atomic mass is 32.2. The van der Waals surface area contributed by atoms with Crippen LogP contribution in [0, 0.1) is 0 Å². The van der Waals surface area contributed by atoms with Crippen molar-refractivity contribution >= 4 is 63.3 Å². The van der Waals surface area contributed by atoms with Gasteiger partial charge in [-0.3, -0.25) is 19.3 Å². The van der Waals surface area contributed by atoms with E-state index in [1.807, 2.05) is 121 Å². The summed E-state index contributed by atoms with van der Waals surface area (Å²) in [6.45, 7) is 0.457. The van der Waals surface area contributed by atoms with Gasteiger partial charge in [-0.2, -0.15) is 0 Å². The second kappa shape index (κ2) is 15.3. The van der Waals surface area contributed by atoms with Crippen LogP contribution in [0.25, 0.3) is 0 Å². The van der Waals surface area contributed by atoms with Gasteiger partial charge in [0.15, 0.2) is 10.8 Å². The number of para-hydroxylation sites is 1. The monoisotopic (exact) mass is 782 g/mol. The molecule has 1 aromatic heterocycles. The van der Waals surface area contributed by atoms with E-state index in [-0.39, 0.29) is 33.9 Å². The van der Waals surface area contributed by atoms with Gasteiger partial charge in [0.25, 0.3) is 17.7 Å². The Morgan fingerprint density at radius 1 is 0.893 bits per heavy atom. The molecular weight excluding hydrogens is 749 g/mol. The molecule has 0 aliphatic carbocycles. The predicted octanol–water partition coefficient (Wildman–Crippen LogP) is 5.54. The van der Waals surface area contributed by atoms with Gasteiger partial charge in [-0.15, -0.1) is 23.1 Å². The molecule has 8 rings (SSSR count). The lowest BCUT2D eigenvalue weighted by Crippen LogP contribution is -2.71. The highest BCUT2D eigenvalue weighted by Crippen LogP contribution is 2.43. The summed E-state index contributed by atoms with van der Waals surface area (Å²) in [7, 11) is 0. The van der Waals surface area contributed by atoms with Gasteiger partial charge in [0.1, 0.15) is 22.8 Å². The number of hydrogen-bond donors (Lipinski definition) is 3. The van der Waals surface area contributed by atoms with Crippen LogP contribution in [0.3, 0.4) is 0 Å². The van der Waals surface area contributed by atoms with Crippen LogP contribution in [0.4, 0.5) is 10.8 Å². The summed E-state index contributed by atoms with van der Waals surface area (Å²) >= 11 is 2.41. The van der Waals surface area contributed by atoms with Gasteiger partial charge in [-0.1, -0.05) is 114 Å². The predicted molar refractivity (Wildman–Crippen MR) is 215 cm³/mol. The van der Waals surface area contributed by atoms with Crippen molar-refractivity contribution in [1.29, 1.82) is 0 Å². The molecule has 2 saturated heterocycles. The smallest absolute Gasteiger partial charge is 0.352 e. The molecule has 280 valence electrons. The number of oxime groups is 1. The van der Waals surface area contributed by atoms with Crippen molar-refractivity contribution in [3.05, 3.63) is 172 Å². The maximum Gasteiger partial charge on any atom is 0.352 e. The third-order valence-corrected chi connectivity index (χ3v) is 11.8. The minimum absolute atomic E-state index is 0.138. The number of anilines is 2. The number of nitrogens with one attached hydrogen (secondary N) is 1. The molecule has 0 radical (unpaired) electrons. The second-order valence-corrected chi connectivity index (χ2v) is 15.1. The zero-order valence-corrected chi connectivity index (χ0v) is 31.3. The number of aliphatic carboxylic acids is 1. The van der Waals surface area contributed by atoms with E-state index in [1.54, 1.807) is 16.4 Å². The average Bonchev–Trinajstić information content (AvgIpc) is 3.83. The number of nitrogens with zero attached hydrogens (tertiary/aromatic N) is 4. The number of carboxylic acid groups (broad SMARTS) is 1. The Morgan fingerprint density at radius 3 is 2.00 bits per heavy atom. The van der Waals surface area contributed by atoms with Crippen molar-refractivity contribution in [3.8, 4) is 0 Å². The lowest BCUT2D eigenvalue weighted by Gasteiger charge is -2.49. The third-order valence-electron chi connectivity index (χ3n) is 9.82. The van der Waals surface area contributed by atoms with Crippen molar-refractivity contribution < 1.29 is 29.1 Å². The first-order chi connectivity index (χ1) is 27.3.